The first kappa shape index (κ1) is 18.5. The van der Waals surface area contributed by atoms with Gasteiger partial charge < -0.3 is 9.42 Å². The van der Waals surface area contributed by atoms with Crippen molar-refractivity contribution in [2.75, 3.05) is 13.1 Å². The summed E-state index contributed by atoms with van der Waals surface area (Å²) < 4.78 is 44.3. The summed E-state index contributed by atoms with van der Waals surface area (Å²) >= 11 is 0. The molecule has 1 aliphatic rings. The molecule has 0 bridgehead atoms. The van der Waals surface area contributed by atoms with Crippen LogP contribution >= 0.6 is 0 Å². The topological polar surface area (TPSA) is 46.3 Å². The molecular formula is C19H21F3N2O2. The van der Waals surface area contributed by atoms with Gasteiger partial charge in [-0.05, 0) is 50.2 Å². The standard InChI is InChI=1S/C19H21F3N2O2/c1-13-11-17(23-26-13)18(25)24-10-4-5-14(12-24)8-9-15-6-2-3-7-16(15)19(20,21)22/h2-3,6-7,11,14H,4-5,8-10,12H2,1H3. The van der Waals surface area contributed by atoms with Crippen LogP contribution in [0.2, 0.25) is 0 Å². The highest BCUT2D eigenvalue weighted by molar-refractivity contribution is 5.92. The summed E-state index contributed by atoms with van der Waals surface area (Å²) in [6.45, 7) is 2.90. The zero-order valence-corrected chi connectivity index (χ0v) is 14.6. The van der Waals surface area contributed by atoms with E-state index in [0.29, 0.717) is 37.3 Å². The Morgan fingerprint density at radius 1 is 1.35 bits per heavy atom. The number of nitrogens with zero attached hydrogens (tertiary/aromatic N) is 2. The van der Waals surface area contributed by atoms with E-state index in [-0.39, 0.29) is 17.5 Å². The van der Waals surface area contributed by atoms with E-state index in [4.69, 9.17) is 4.52 Å². The minimum Gasteiger partial charge on any atom is -0.361 e. The van der Waals surface area contributed by atoms with Crippen LogP contribution in [0.1, 0.15) is 46.6 Å². The van der Waals surface area contributed by atoms with Crippen molar-refractivity contribution in [3.63, 3.8) is 0 Å². The van der Waals surface area contributed by atoms with Crippen molar-refractivity contribution in [2.45, 2.75) is 38.8 Å². The van der Waals surface area contributed by atoms with Crippen LogP contribution in [-0.4, -0.2) is 29.1 Å². The number of carbonyl (C=O) groups is 1. The zero-order chi connectivity index (χ0) is 18.7. The molecule has 4 nitrogen and oxygen atoms in total. The maximum absolute atomic E-state index is 13.1. The van der Waals surface area contributed by atoms with Gasteiger partial charge in [-0.2, -0.15) is 13.2 Å². The number of aromatic nitrogens is 1. The molecule has 1 amide bonds. The third kappa shape index (κ3) is 4.26. The largest absolute Gasteiger partial charge is 0.416 e. The van der Waals surface area contributed by atoms with Gasteiger partial charge in [-0.25, -0.2) is 0 Å². The minimum atomic E-state index is -4.34. The Hall–Kier alpha value is -2.31. The predicted molar refractivity (Wildman–Crippen MR) is 89.6 cm³/mol. The van der Waals surface area contributed by atoms with Crippen LogP contribution < -0.4 is 0 Å². The van der Waals surface area contributed by atoms with Gasteiger partial charge in [-0.15, -0.1) is 0 Å². The molecule has 3 rings (SSSR count). The number of halogens is 3. The fourth-order valence-electron chi connectivity index (χ4n) is 3.49. The summed E-state index contributed by atoms with van der Waals surface area (Å²) in [4.78, 5) is 14.2. The van der Waals surface area contributed by atoms with Gasteiger partial charge in [0.2, 0.25) is 0 Å². The van der Waals surface area contributed by atoms with Crippen molar-refractivity contribution >= 4 is 5.91 Å². The number of alkyl halides is 3. The number of carbonyl (C=O) groups excluding carboxylic acids is 1. The maximum atomic E-state index is 13.1. The first-order valence-corrected chi connectivity index (χ1v) is 8.72. The molecule has 7 heteroatoms. The van der Waals surface area contributed by atoms with E-state index >= 15 is 0 Å². The van der Waals surface area contributed by atoms with Gasteiger partial charge in [0, 0.05) is 19.2 Å². The number of aryl methyl sites for hydroxylation is 2. The summed E-state index contributed by atoms with van der Waals surface area (Å²) in [5.74, 6) is 0.579. The summed E-state index contributed by atoms with van der Waals surface area (Å²) in [6.07, 6.45) is -1.61. The van der Waals surface area contributed by atoms with E-state index in [2.05, 4.69) is 5.16 Å². The van der Waals surface area contributed by atoms with Gasteiger partial charge >= 0.3 is 6.18 Å². The molecule has 2 aromatic rings. The highest BCUT2D eigenvalue weighted by Crippen LogP contribution is 2.33. The zero-order valence-electron chi connectivity index (χ0n) is 14.6. The van der Waals surface area contributed by atoms with Crippen LogP contribution in [0.3, 0.4) is 0 Å². The second-order valence-corrected chi connectivity index (χ2v) is 6.78. The Labute approximate surface area is 150 Å². The van der Waals surface area contributed by atoms with E-state index in [1.54, 1.807) is 24.0 Å². The lowest BCUT2D eigenvalue weighted by molar-refractivity contribution is -0.138. The Morgan fingerprint density at radius 2 is 2.12 bits per heavy atom. The molecule has 1 saturated heterocycles. The number of benzene rings is 1. The molecule has 2 heterocycles. The average molecular weight is 366 g/mol. The lowest BCUT2D eigenvalue weighted by Gasteiger charge is -2.32. The van der Waals surface area contributed by atoms with Gasteiger partial charge in [-0.3, -0.25) is 4.79 Å². The highest BCUT2D eigenvalue weighted by atomic mass is 19.4. The molecule has 1 aliphatic heterocycles. The highest BCUT2D eigenvalue weighted by Gasteiger charge is 2.33. The predicted octanol–water partition coefficient (Wildman–Crippen LogP) is 4.49. The van der Waals surface area contributed by atoms with Crippen LogP contribution in [0.15, 0.2) is 34.9 Å². The van der Waals surface area contributed by atoms with Crippen LogP contribution in [0, 0.1) is 12.8 Å². The first-order chi connectivity index (χ1) is 12.3. The van der Waals surface area contributed by atoms with Crippen LogP contribution in [0.4, 0.5) is 13.2 Å². The molecular weight excluding hydrogens is 345 g/mol. The molecule has 140 valence electrons. The van der Waals surface area contributed by atoms with E-state index in [1.165, 1.54) is 12.1 Å². The molecule has 1 fully saturated rings. The van der Waals surface area contributed by atoms with Crippen molar-refractivity contribution in [2.24, 2.45) is 5.92 Å². The lowest BCUT2D eigenvalue weighted by Crippen LogP contribution is -2.40. The summed E-state index contributed by atoms with van der Waals surface area (Å²) in [6, 6.07) is 7.30. The Morgan fingerprint density at radius 3 is 2.81 bits per heavy atom. The van der Waals surface area contributed by atoms with Gasteiger partial charge in [0.15, 0.2) is 5.69 Å². The SMILES string of the molecule is Cc1cc(C(=O)N2CCCC(CCc3ccccc3C(F)(F)F)C2)no1. The molecule has 0 aliphatic carbocycles. The molecule has 0 spiro atoms. The Bertz CT molecular complexity index is 770. The number of amides is 1. The molecule has 26 heavy (non-hydrogen) atoms. The molecule has 1 aromatic heterocycles. The third-order valence-electron chi connectivity index (χ3n) is 4.80. The lowest BCUT2D eigenvalue weighted by atomic mass is 9.90. The second-order valence-electron chi connectivity index (χ2n) is 6.78. The summed E-state index contributed by atoms with van der Waals surface area (Å²) in [5.41, 5.74) is 0.0305. The maximum Gasteiger partial charge on any atom is 0.416 e. The monoisotopic (exact) mass is 366 g/mol. The summed E-state index contributed by atoms with van der Waals surface area (Å²) in [7, 11) is 0. The van der Waals surface area contributed by atoms with Gasteiger partial charge in [-0.1, -0.05) is 23.4 Å². The first-order valence-electron chi connectivity index (χ1n) is 8.72. The van der Waals surface area contributed by atoms with E-state index in [9.17, 15) is 18.0 Å². The quantitative estimate of drug-likeness (QED) is 0.801. The number of piperidine rings is 1. The fraction of sp³-hybridized carbons (Fsp3) is 0.474. The molecule has 0 saturated carbocycles. The second kappa shape index (κ2) is 7.51. The van der Waals surface area contributed by atoms with Crippen LogP contribution in [-0.2, 0) is 12.6 Å². The number of hydrogen-bond donors (Lipinski definition) is 0. The molecule has 1 aromatic carbocycles. The van der Waals surface area contributed by atoms with Gasteiger partial charge in [0.25, 0.3) is 5.91 Å². The molecule has 1 atom stereocenters. The smallest absolute Gasteiger partial charge is 0.361 e. The van der Waals surface area contributed by atoms with Crippen molar-refractivity contribution in [1.29, 1.82) is 0 Å². The van der Waals surface area contributed by atoms with E-state index < -0.39 is 11.7 Å². The molecule has 0 radical (unpaired) electrons. The van der Waals surface area contributed by atoms with Crippen LogP contribution in [0.5, 0.6) is 0 Å². The number of hydrogen-bond acceptors (Lipinski definition) is 3. The van der Waals surface area contributed by atoms with Crippen molar-refractivity contribution < 1.29 is 22.5 Å². The number of likely N-dealkylation sites (tertiary alicyclic amines) is 1. The minimum absolute atomic E-state index is 0.178. The van der Waals surface area contributed by atoms with E-state index in [0.717, 1.165) is 18.9 Å². The van der Waals surface area contributed by atoms with E-state index in [1.807, 2.05) is 0 Å². The third-order valence-corrected chi connectivity index (χ3v) is 4.80. The molecule has 0 N–H and O–H groups in total. The normalized spacial score (nSPS) is 18.2. The van der Waals surface area contributed by atoms with Crippen LogP contribution in [0.25, 0.3) is 0 Å². The van der Waals surface area contributed by atoms with Crippen molar-refractivity contribution in [3.05, 3.63) is 52.9 Å². The van der Waals surface area contributed by atoms with Crippen molar-refractivity contribution in [1.82, 2.24) is 10.1 Å². The van der Waals surface area contributed by atoms with Crippen molar-refractivity contribution in [3.8, 4) is 0 Å². The average Bonchev–Trinajstić information content (AvgIpc) is 3.05. The molecule has 1 unspecified atom stereocenters. The summed E-state index contributed by atoms with van der Waals surface area (Å²) in [5, 5.41) is 3.76. The Kier molecular flexibility index (Phi) is 5.34. The Balaban J connectivity index is 1.62. The van der Waals surface area contributed by atoms with Gasteiger partial charge in [0.1, 0.15) is 5.76 Å². The number of rotatable bonds is 4. The fourth-order valence-corrected chi connectivity index (χ4v) is 3.49. The van der Waals surface area contributed by atoms with Gasteiger partial charge in [0.05, 0.1) is 5.56 Å².